The molecule has 6 rings (SSSR count). The SMILES string of the molecule is Nc1c(N=Nc2ccc([N+](=O)[O-])cc2)c(S(=O)(=O)O)cc2cc(S(=O)(=O)O)c(N=Nc3ccc(Sc4ccc(N=Nc5ccc(O)cc5O)cc4)cc3)c(O)c12. The molecule has 0 atom stereocenters. The van der Waals surface area contributed by atoms with Crippen molar-refractivity contribution in [3.05, 3.63) is 113 Å². The van der Waals surface area contributed by atoms with E-state index in [1.54, 1.807) is 36.4 Å². The van der Waals surface area contributed by atoms with Gasteiger partial charge in [-0.2, -0.15) is 32.2 Å². The molecule has 7 N–H and O–H groups in total. The van der Waals surface area contributed by atoms with Crippen LogP contribution in [-0.4, -0.2) is 46.2 Å². The number of nitro benzene ring substituents is 1. The summed E-state index contributed by atoms with van der Waals surface area (Å²) in [7, 11) is -10.2. The maximum atomic E-state index is 12.4. The second-order valence-corrected chi connectivity index (χ2v) is 15.3. The van der Waals surface area contributed by atoms with Crippen LogP contribution >= 0.6 is 11.8 Å². The van der Waals surface area contributed by atoms with Crippen molar-refractivity contribution in [1.29, 1.82) is 0 Å². The van der Waals surface area contributed by atoms with Crippen molar-refractivity contribution >= 4 is 88.3 Å². The number of non-ortho nitro benzene ring substituents is 1. The van der Waals surface area contributed by atoms with Crippen LogP contribution in [0.5, 0.6) is 17.2 Å². The van der Waals surface area contributed by atoms with Gasteiger partial charge in [0.05, 0.1) is 33.1 Å². The highest BCUT2D eigenvalue weighted by Crippen LogP contribution is 2.48. The number of anilines is 1. The lowest BCUT2D eigenvalue weighted by Gasteiger charge is -2.14. The number of hydrogen-bond donors (Lipinski definition) is 6. The Kier molecular flexibility index (Phi) is 10.7. The van der Waals surface area contributed by atoms with Crippen molar-refractivity contribution in [3.63, 3.8) is 0 Å². The first-order valence-electron chi connectivity index (χ1n) is 15.4. The van der Waals surface area contributed by atoms with E-state index < -0.39 is 57.8 Å². The summed E-state index contributed by atoms with van der Waals surface area (Å²) in [6.45, 7) is 0. The smallest absolute Gasteiger partial charge is 0.296 e. The molecule has 0 saturated heterocycles. The highest BCUT2D eigenvalue weighted by Gasteiger charge is 2.28. The number of phenols is 3. The Bertz CT molecular complexity index is 2840. The summed E-state index contributed by atoms with van der Waals surface area (Å²) < 4.78 is 69.5. The first-order valence-corrected chi connectivity index (χ1v) is 19.1. The summed E-state index contributed by atoms with van der Waals surface area (Å²) in [5, 5.41) is 64.4. The molecule has 0 aliphatic heterocycles. The maximum absolute atomic E-state index is 12.4. The van der Waals surface area contributed by atoms with Crippen LogP contribution in [0, 0.1) is 10.1 Å². The van der Waals surface area contributed by atoms with Crippen molar-refractivity contribution in [2.45, 2.75) is 19.6 Å². The fraction of sp³-hybridized carbons (Fsp3) is 0. The van der Waals surface area contributed by atoms with Gasteiger partial charge in [0.25, 0.3) is 25.9 Å². The van der Waals surface area contributed by atoms with Gasteiger partial charge in [-0.05, 0) is 90.3 Å². The lowest BCUT2D eigenvalue weighted by Crippen LogP contribution is -2.03. The highest BCUT2D eigenvalue weighted by atomic mass is 32.2. The van der Waals surface area contributed by atoms with Crippen LogP contribution in [0.4, 0.5) is 45.5 Å². The molecule has 0 aromatic heterocycles. The van der Waals surface area contributed by atoms with Crippen molar-refractivity contribution in [2.75, 3.05) is 5.73 Å². The minimum absolute atomic E-state index is 0.0205. The first kappa shape index (κ1) is 38.9. The lowest BCUT2D eigenvalue weighted by molar-refractivity contribution is -0.384. The topological polar surface area (TPSA) is 313 Å². The Morgan fingerprint density at radius 3 is 1.55 bits per heavy atom. The molecule has 0 aliphatic rings. The van der Waals surface area contributed by atoms with Crippen LogP contribution in [0.3, 0.4) is 0 Å². The van der Waals surface area contributed by atoms with Gasteiger partial charge in [0.15, 0.2) is 5.75 Å². The van der Waals surface area contributed by atoms with Crippen LogP contribution < -0.4 is 5.73 Å². The molecule has 284 valence electrons. The van der Waals surface area contributed by atoms with Gasteiger partial charge in [-0.25, -0.2) is 0 Å². The van der Waals surface area contributed by atoms with Crippen molar-refractivity contribution in [2.24, 2.45) is 30.7 Å². The van der Waals surface area contributed by atoms with Gasteiger partial charge in [0, 0.05) is 28.0 Å². The van der Waals surface area contributed by atoms with Gasteiger partial charge in [-0.1, -0.05) is 11.8 Å². The van der Waals surface area contributed by atoms with E-state index in [1.807, 2.05) is 0 Å². The average molecular weight is 817 g/mol. The van der Waals surface area contributed by atoms with Crippen LogP contribution in [0.25, 0.3) is 10.8 Å². The number of nitro groups is 1. The summed E-state index contributed by atoms with van der Waals surface area (Å²) >= 11 is 1.37. The van der Waals surface area contributed by atoms with E-state index >= 15 is 0 Å². The standard InChI is InChI=1S/C34H24N8O11S3/c35-31-30-18(15-28(55(48,49)50)32(31)40-37-19-1-7-22(8-2-19)42(46)47)16-29(56(51,52)53)33(34(30)45)41-38-21-5-12-25(13-6-21)54-24-10-3-20(4-11-24)36-39-26-14-9-23(43)17-27(26)44/h1-17,43-45H,35H2,(H,48,49,50)(H,51,52,53). The molecular weight excluding hydrogens is 793 g/mol. The van der Waals surface area contributed by atoms with Gasteiger partial charge in [-0.3, -0.25) is 19.2 Å². The molecule has 0 amide bonds. The minimum atomic E-state index is -5.14. The number of fused-ring (bicyclic) bond motifs is 1. The summed E-state index contributed by atoms with van der Waals surface area (Å²) in [5.74, 6) is -1.28. The van der Waals surface area contributed by atoms with Crippen molar-refractivity contribution in [3.8, 4) is 17.2 Å². The van der Waals surface area contributed by atoms with E-state index in [0.29, 0.717) is 5.69 Å². The number of nitrogen functional groups attached to an aromatic ring is 1. The van der Waals surface area contributed by atoms with Crippen LogP contribution in [0.2, 0.25) is 0 Å². The van der Waals surface area contributed by atoms with Crippen LogP contribution in [-0.2, 0) is 20.2 Å². The lowest BCUT2D eigenvalue weighted by atomic mass is 10.1. The second kappa shape index (κ2) is 15.5. The van der Waals surface area contributed by atoms with Gasteiger partial charge in [0.2, 0.25) is 0 Å². The summed E-state index contributed by atoms with van der Waals surface area (Å²) in [4.78, 5) is 9.99. The molecule has 0 aliphatic carbocycles. The number of phenolic OH excluding ortho intramolecular Hbond substituents is 3. The van der Waals surface area contributed by atoms with E-state index in [0.717, 1.165) is 40.1 Å². The maximum Gasteiger partial charge on any atom is 0.296 e. The van der Waals surface area contributed by atoms with E-state index in [1.165, 1.54) is 48.2 Å². The summed E-state index contributed by atoms with van der Waals surface area (Å²) in [6.07, 6.45) is 0. The molecule has 0 saturated carbocycles. The largest absolute Gasteiger partial charge is 0.508 e. The molecule has 0 fully saturated rings. The Hall–Kier alpha value is -6.85. The Labute approximate surface area is 319 Å². The molecule has 6 aromatic carbocycles. The zero-order valence-electron chi connectivity index (χ0n) is 27.9. The zero-order chi connectivity index (χ0) is 40.4. The molecule has 0 bridgehead atoms. The Balaban J connectivity index is 1.28. The molecule has 6 aromatic rings. The molecule has 0 heterocycles. The number of nitrogens with two attached hydrogens (primary N) is 1. The zero-order valence-corrected chi connectivity index (χ0v) is 30.4. The predicted molar refractivity (Wildman–Crippen MR) is 202 cm³/mol. The monoisotopic (exact) mass is 816 g/mol. The van der Waals surface area contributed by atoms with Crippen molar-refractivity contribution in [1.82, 2.24) is 0 Å². The minimum Gasteiger partial charge on any atom is -0.508 e. The predicted octanol–water partition coefficient (Wildman–Crippen LogP) is 9.34. The van der Waals surface area contributed by atoms with Crippen LogP contribution in [0.1, 0.15) is 0 Å². The fourth-order valence-corrected chi connectivity index (χ4v) is 7.11. The molecule has 22 heteroatoms. The normalized spacial score (nSPS) is 12.3. The van der Waals surface area contributed by atoms with Gasteiger partial charge < -0.3 is 21.1 Å². The van der Waals surface area contributed by atoms with Crippen LogP contribution in [0.15, 0.2) is 153 Å². The molecule has 0 radical (unpaired) electrons. The second-order valence-electron chi connectivity index (χ2n) is 11.4. The fourth-order valence-electron chi connectivity index (χ4n) is 4.97. The highest BCUT2D eigenvalue weighted by molar-refractivity contribution is 7.99. The van der Waals surface area contributed by atoms with Gasteiger partial charge in [-0.15, -0.1) is 15.3 Å². The van der Waals surface area contributed by atoms with E-state index in [9.17, 15) is 51.4 Å². The van der Waals surface area contributed by atoms with E-state index in [-0.39, 0.29) is 45.0 Å². The quantitative estimate of drug-likeness (QED) is 0.0234. The molecule has 19 nitrogen and oxygen atoms in total. The van der Waals surface area contributed by atoms with Gasteiger partial charge in [0.1, 0.15) is 38.4 Å². The molecular formula is C34H24N8O11S3. The third-order valence-corrected chi connectivity index (χ3v) is 10.4. The van der Waals surface area contributed by atoms with Gasteiger partial charge >= 0.3 is 0 Å². The summed E-state index contributed by atoms with van der Waals surface area (Å²) in [5.41, 5.74) is 4.83. The number of aromatic hydroxyl groups is 3. The van der Waals surface area contributed by atoms with E-state index in [4.69, 9.17) is 5.73 Å². The first-order chi connectivity index (χ1) is 26.5. The van der Waals surface area contributed by atoms with E-state index in [2.05, 4.69) is 30.7 Å². The number of rotatable bonds is 11. The average Bonchev–Trinajstić information content (AvgIpc) is 3.14. The number of benzene rings is 6. The third kappa shape index (κ3) is 8.75. The number of hydrogen-bond acceptors (Lipinski definition) is 17. The third-order valence-electron chi connectivity index (χ3n) is 7.60. The number of nitrogens with zero attached hydrogens (tertiary/aromatic N) is 7. The Morgan fingerprint density at radius 2 is 1.07 bits per heavy atom. The summed E-state index contributed by atoms with van der Waals surface area (Å²) in [6, 6.07) is 23.5. The molecule has 0 spiro atoms. The molecule has 0 unspecified atom stereocenters. The number of azo groups is 3. The molecule has 56 heavy (non-hydrogen) atoms. The Morgan fingerprint density at radius 1 is 0.607 bits per heavy atom. The van der Waals surface area contributed by atoms with Crippen molar-refractivity contribution < 1.29 is 46.2 Å².